The molecule has 0 aromatic carbocycles. The first-order valence-corrected chi connectivity index (χ1v) is 13.5. The Morgan fingerprint density at radius 1 is 1.39 bits per heavy atom. The number of hydrogen-bond donors (Lipinski definition) is 2. The van der Waals surface area contributed by atoms with Crippen molar-refractivity contribution < 1.29 is 19.1 Å². The van der Waals surface area contributed by atoms with Crippen molar-refractivity contribution >= 4 is 55.9 Å². The maximum Gasteiger partial charge on any atom is 0.350 e. The Morgan fingerprint density at radius 3 is 2.81 bits per heavy atom. The first-order valence-electron chi connectivity index (χ1n) is 11.5. The molecular weight excluding hydrogens is 574 g/mol. The summed E-state index contributed by atoms with van der Waals surface area (Å²) in [5, 5.41) is 8.40. The highest BCUT2D eigenvalue weighted by atomic mass is 79.9. The van der Waals surface area contributed by atoms with Crippen molar-refractivity contribution in [1.82, 2.24) is 30.0 Å². The summed E-state index contributed by atoms with van der Waals surface area (Å²) in [5.41, 5.74) is 1.53. The van der Waals surface area contributed by atoms with Crippen LogP contribution in [-0.2, 0) is 16.0 Å². The Balaban J connectivity index is 1.55. The van der Waals surface area contributed by atoms with Gasteiger partial charge in [-0.25, -0.2) is 19.4 Å². The molecule has 4 rings (SSSR count). The van der Waals surface area contributed by atoms with E-state index in [1.807, 2.05) is 11.8 Å². The third-order valence-corrected chi connectivity index (χ3v) is 8.52. The van der Waals surface area contributed by atoms with E-state index in [0.717, 1.165) is 0 Å². The second-order valence-electron chi connectivity index (χ2n) is 8.14. The van der Waals surface area contributed by atoms with E-state index in [9.17, 15) is 9.59 Å². The molecule has 1 fully saturated rings. The number of esters is 1. The summed E-state index contributed by atoms with van der Waals surface area (Å²) in [5.74, 6) is -0.200. The van der Waals surface area contributed by atoms with Crippen LogP contribution in [0.25, 0.3) is 11.5 Å². The van der Waals surface area contributed by atoms with Crippen molar-refractivity contribution in [3.8, 4) is 11.5 Å². The fourth-order valence-electron chi connectivity index (χ4n) is 4.07. The molecule has 1 amide bonds. The van der Waals surface area contributed by atoms with E-state index in [4.69, 9.17) is 26.1 Å². The molecular formula is C22H27BrClN7O4S. The third kappa shape index (κ3) is 5.15. The van der Waals surface area contributed by atoms with Gasteiger partial charge < -0.3 is 24.7 Å². The van der Waals surface area contributed by atoms with E-state index in [1.54, 1.807) is 25.6 Å². The van der Waals surface area contributed by atoms with Crippen LogP contribution in [0.2, 0.25) is 5.02 Å². The zero-order chi connectivity index (χ0) is 26.0. The van der Waals surface area contributed by atoms with Gasteiger partial charge in [-0.1, -0.05) is 22.9 Å². The van der Waals surface area contributed by atoms with E-state index in [-0.39, 0.29) is 24.7 Å². The molecule has 1 aliphatic rings. The number of carbonyl (C=O) groups is 2. The lowest BCUT2D eigenvalue weighted by atomic mass is 10.0. The zero-order valence-electron chi connectivity index (χ0n) is 20.3. The van der Waals surface area contributed by atoms with Crippen molar-refractivity contribution in [2.45, 2.75) is 45.9 Å². The van der Waals surface area contributed by atoms with Crippen molar-refractivity contribution in [2.24, 2.45) is 0 Å². The van der Waals surface area contributed by atoms with Gasteiger partial charge in [0.2, 0.25) is 0 Å². The van der Waals surface area contributed by atoms with Crippen molar-refractivity contribution in [2.75, 3.05) is 31.7 Å². The van der Waals surface area contributed by atoms with Crippen LogP contribution in [0.5, 0.6) is 0 Å². The number of aromatic amines is 1. The molecule has 11 nitrogen and oxygen atoms in total. The van der Waals surface area contributed by atoms with Crippen molar-refractivity contribution in [3.05, 3.63) is 32.1 Å². The molecule has 0 bridgehead atoms. The highest BCUT2D eigenvalue weighted by molar-refractivity contribution is 9.10. The molecule has 2 atom stereocenters. The SMILES string of the molecule is CCOC(=O)c1sc(N2CC[C@@H](NC(=O)c3[nH]c(C)c(Cl)c3Br)[C@@H](OC)C2)nc1-c1ncnn1CC. The van der Waals surface area contributed by atoms with Crippen LogP contribution in [0.1, 0.15) is 46.1 Å². The minimum atomic E-state index is -0.446. The molecule has 4 heterocycles. The molecule has 1 saturated heterocycles. The lowest BCUT2D eigenvalue weighted by Crippen LogP contribution is -2.55. The number of hydrogen-bond acceptors (Lipinski definition) is 9. The number of aryl methyl sites for hydroxylation is 2. The number of rotatable bonds is 8. The normalized spacial score (nSPS) is 17.9. The Kier molecular flexibility index (Phi) is 8.33. The fraction of sp³-hybridized carbons (Fsp3) is 0.500. The summed E-state index contributed by atoms with van der Waals surface area (Å²) < 4.78 is 13.2. The van der Waals surface area contributed by atoms with Crippen LogP contribution in [-0.4, -0.2) is 75.6 Å². The van der Waals surface area contributed by atoms with Crippen LogP contribution in [0.3, 0.4) is 0 Å². The molecule has 0 radical (unpaired) electrons. The fourth-order valence-corrected chi connectivity index (χ4v) is 5.78. The number of thiazole rings is 1. The molecule has 1 aliphatic heterocycles. The summed E-state index contributed by atoms with van der Waals surface area (Å²) in [6.07, 6.45) is 1.76. The van der Waals surface area contributed by atoms with Gasteiger partial charge in [0.25, 0.3) is 5.91 Å². The Labute approximate surface area is 225 Å². The van der Waals surface area contributed by atoms with Crippen molar-refractivity contribution in [1.29, 1.82) is 0 Å². The van der Waals surface area contributed by atoms with Crippen LogP contribution < -0.4 is 10.2 Å². The molecule has 3 aromatic rings. The summed E-state index contributed by atoms with van der Waals surface area (Å²) in [6.45, 7) is 7.43. The van der Waals surface area contributed by atoms with E-state index >= 15 is 0 Å². The Bertz CT molecular complexity index is 1260. The molecule has 0 spiro atoms. The average Bonchev–Trinajstić information content (AvgIpc) is 3.58. The van der Waals surface area contributed by atoms with Gasteiger partial charge in [-0.2, -0.15) is 5.10 Å². The number of H-pyrrole nitrogens is 1. The number of amides is 1. The number of methoxy groups -OCH3 is 1. The first kappa shape index (κ1) is 26.6. The topological polar surface area (TPSA) is 127 Å². The third-order valence-electron chi connectivity index (χ3n) is 5.93. The quantitative estimate of drug-likeness (QED) is 0.375. The van der Waals surface area contributed by atoms with E-state index < -0.39 is 5.97 Å². The van der Waals surface area contributed by atoms with Crippen molar-refractivity contribution in [3.63, 3.8) is 0 Å². The van der Waals surface area contributed by atoms with Gasteiger partial charge in [0.15, 0.2) is 11.0 Å². The van der Waals surface area contributed by atoms with Gasteiger partial charge in [-0.3, -0.25) is 4.79 Å². The number of nitrogens with one attached hydrogen (secondary N) is 2. The van der Waals surface area contributed by atoms with Gasteiger partial charge in [0.1, 0.15) is 22.6 Å². The molecule has 36 heavy (non-hydrogen) atoms. The second-order valence-corrected chi connectivity index (χ2v) is 10.3. The van der Waals surface area contributed by atoms with E-state index in [0.29, 0.717) is 68.5 Å². The predicted octanol–water partition coefficient (Wildman–Crippen LogP) is 3.67. The van der Waals surface area contributed by atoms with Gasteiger partial charge in [0, 0.05) is 32.4 Å². The lowest BCUT2D eigenvalue weighted by Gasteiger charge is -2.37. The molecule has 0 aliphatic carbocycles. The number of anilines is 1. The minimum Gasteiger partial charge on any atom is -0.462 e. The second kappa shape index (κ2) is 11.3. The number of halogens is 2. The highest BCUT2D eigenvalue weighted by Gasteiger charge is 2.34. The summed E-state index contributed by atoms with van der Waals surface area (Å²) >= 11 is 10.8. The zero-order valence-corrected chi connectivity index (χ0v) is 23.5. The smallest absolute Gasteiger partial charge is 0.350 e. The Hall–Kier alpha value is -2.48. The number of ether oxygens (including phenoxy) is 2. The standard InChI is InChI=1S/C22H27BrClN7O4S/c1-5-31-19(25-10-26-31)17-18(21(33)35-6-2)36-22(29-17)30-8-7-12(13(9-30)34-4)28-20(32)16-14(23)15(24)11(3)27-16/h10,12-13,27H,5-9H2,1-4H3,(H,28,32)/t12-,13+/m1/s1. The molecule has 194 valence electrons. The van der Waals surface area contributed by atoms with Crippen LogP contribution in [0.15, 0.2) is 10.8 Å². The largest absolute Gasteiger partial charge is 0.462 e. The number of carbonyl (C=O) groups excluding carboxylic acids is 2. The monoisotopic (exact) mass is 599 g/mol. The van der Waals surface area contributed by atoms with E-state index in [1.165, 1.54) is 17.7 Å². The van der Waals surface area contributed by atoms with Gasteiger partial charge >= 0.3 is 5.97 Å². The first-order chi connectivity index (χ1) is 17.3. The summed E-state index contributed by atoms with van der Waals surface area (Å²) in [4.78, 5) is 40.2. The van der Waals surface area contributed by atoms with Crippen LogP contribution in [0, 0.1) is 6.92 Å². The minimum absolute atomic E-state index is 0.222. The predicted molar refractivity (Wildman–Crippen MR) is 140 cm³/mol. The molecule has 3 aromatic heterocycles. The number of piperidine rings is 1. The van der Waals surface area contributed by atoms with Gasteiger partial charge in [0.05, 0.1) is 28.2 Å². The van der Waals surface area contributed by atoms with Gasteiger partial charge in [-0.15, -0.1) is 0 Å². The summed E-state index contributed by atoms with van der Waals surface area (Å²) in [6, 6.07) is -0.222. The van der Waals surface area contributed by atoms with E-state index in [2.05, 4.69) is 36.3 Å². The molecule has 0 unspecified atom stereocenters. The number of aromatic nitrogens is 5. The molecule has 14 heteroatoms. The summed E-state index contributed by atoms with van der Waals surface area (Å²) in [7, 11) is 1.61. The maximum absolute atomic E-state index is 12.9. The average molecular weight is 601 g/mol. The lowest BCUT2D eigenvalue weighted by molar-refractivity contribution is 0.0531. The van der Waals surface area contributed by atoms with Gasteiger partial charge in [-0.05, 0) is 43.1 Å². The van der Waals surface area contributed by atoms with Crippen LogP contribution in [0.4, 0.5) is 5.13 Å². The maximum atomic E-state index is 12.9. The molecule has 2 N–H and O–H groups in total. The molecule has 0 saturated carbocycles. The number of nitrogens with zero attached hydrogens (tertiary/aromatic N) is 5. The van der Waals surface area contributed by atoms with Crippen LogP contribution >= 0.6 is 38.9 Å². The Morgan fingerprint density at radius 2 is 2.17 bits per heavy atom. The highest BCUT2D eigenvalue weighted by Crippen LogP contribution is 2.35.